The third kappa shape index (κ3) is 4.06. The first-order valence-electron chi connectivity index (χ1n) is 6.64. The first-order valence-corrected chi connectivity index (χ1v) is 6.64. The first kappa shape index (κ1) is 14.5. The quantitative estimate of drug-likeness (QED) is 0.882. The van der Waals surface area contributed by atoms with Gasteiger partial charge >= 0.3 is 0 Å². The molecule has 3 nitrogen and oxygen atoms in total. The van der Waals surface area contributed by atoms with E-state index in [2.05, 4.69) is 22.4 Å². The van der Waals surface area contributed by atoms with Gasteiger partial charge in [-0.25, -0.2) is 8.78 Å². The van der Waals surface area contributed by atoms with Gasteiger partial charge in [-0.15, -0.1) is 0 Å². The van der Waals surface area contributed by atoms with Crippen LogP contribution >= 0.6 is 0 Å². The highest BCUT2D eigenvalue weighted by Gasteiger charge is 2.13. The smallest absolute Gasteiger partial charge is 0.126 e. The van der Waals surface area contributed by atoms with E-state index in [1.807, 2.05) is 6.07 Å². The van der Waals surface area contributed by atoms with Gasteiger partial charge in [0.15, 0.2) is 0 Å². The summed E-state index contributed by atoms with van der Waals surface area (Å²) in [5.41, 5.74) is 1.58. The summed E-state index contributed by atoms with van der Waals surface area (Å²) in [4.78, 5) is 0. The average Bonchev–Trinajstić information content (AvgIpc) is 2.43. The Labute approximate surface area is 117 Å². The predicted molar refractivity (Wildman–Crippen MR) is 73.1 cm³/mol. The van der Waals surface area contributed by atoms with Crippen LogP contribution in [0, 0.1) is 11.6 Å². The molecular weight excluding hydrogens is 260 g/mol. The molecule has 0 saturated carbocycles. The fourth-order valence-corrected chi connectivity index (χ4v) is 2.10. The maximum absolute atomic E-state index is 13.3. The largest absolute Gasteiger partial charge is 0.310 e. The molecule has 2 rings (SSSR count). The molecule has 1 N–H and O–H groups in total. The second kappa shape index (κ2) is 7.05. The Hall–Kier alpha value is -1.88. The minimum absolute atomic E-state index is 0.0355. The van der Waals surface area contributed by atoms with Gasteiger partial charge in [0.1, 0.15) is 11.6 Å². The number of rotatable bonds is 6. The second-order valence-electron chi connectivity index (χ2n) is 4.66. The average molecular weight is 277 g/mol. The number of halogens is 2. The summed E-state index contributed by atoms with van der Waals surface area (Å²) in [5.74, 6) is -1.11. The van der Waals surface area contributed by atoms with Crippen molar-refractivity contribution in [1.29, 1.82) is 0 Å². The third-order valence-electron chi connectivity index (χ3n) is 3.01. The van der Waals surface area contributed by atoms with Gasteiger partial charge < -0.3 is 5.32 Å². The SMILES string of the molecule is CCCNC(Cc1cc(F)cc(F)c1)c1ccnnc1. The Balaban J connectivity index is 2.19. The molecular formula is C15H17F2N3. The van der Waals surface area contributed by atoms with E-state index >= 15 is 0 Å². The van der Waals surface area contributed by atoms with E-state index in [-0.39, 0.29) is 6.04 Å². The van der Waals surface area contributed by atoms with Crippen LogP contribution in [0.4, 0.5) is 8.78 Å². The lowest BCUT2D eigenvalue weighted by atomic mass is 10.00. The van der Waals surface area contributed by atoms with Crippen molar-refractivity contribution in [3.63, 3.8) is 0 Å². The fraction of sp³-hybridized carbons (Fsp3) is 0.333. The summed E-state index contributed by atoms with van der Waals surface area (Å²) in [5, 5.41) is 11.0. The highest BCUT2D eigenvalue weighted by Crippen LogP contribution is 2.19. The van der Waals surface area contributed by atoms with Gasteiger partial charge in [0.25, 0.3) is 0 Å². The van der Waals surface area contributed by atoms with Gasteiger partial charge in [0, 0.05) is 18.3 Å². The Bertz CT molecular complexity index is 526. The van der Waals surface area contributed by atoms with Crippen LogP contribution in [0.5, 0.6) is 0 Å². The van der Waals surface area contributed by atoms with Gasteiger partial charge in [-0.1, -0.05) is 6.92 Å². The summed E-state index contributed by atoms with van der Waals surface area (Å²) < 4.78 is 26.5. The number of nitrogens with zero attached hydrogens (tertiary/aromatic N) is 2. The molecule has 20 heavy (non-hydrogen) atoms. The molecule has 1 aromatic heterocycles. The van der Waals surface area contributed by atoms with Gasteiger partial charge in [-0.3, -0.25) is 0 Å². The molecule has 0 aliphatic heterocycles. The van der Waals surface area contributed by atoms with Gasteiger partial charge in [-0.05, 0) is 48.7 Å². The normalized spacial score (nSPS) is 12.3. The van der Waals surface area contributed by atoms with Gasteiger partial charge in [0.2, 0.25) is 0 Å². The predicted octanol–water partition coefficient (Wildman–Crippen LogP) is 3.04. The Morgan fingerprint density at radius 2 is 1.90 bits per heavy atom. The highest BCUT2D eigenvalue weighted by atomic mass is 19.1. The van der Waals surface area contributed by atoms with E-state index in [9.17, 15) is 8.78 Å². The first-order chi connectivity index (χ1) is 9.69. The van der Waals surface area contributed by atoms with Crippen LogP contribution in [0.1, 0.15) is 30.5 Å². The summed E-state index contributed by atoms with van der Waals surface area (Å²) in [6.07, 6.45) is 4.76. The molecule has 1 atom stereocenters. The fourth-order valence-electron chi connectivity index (χ4n) is 2.10. The molecule has 0 fully saturated rings. The molecule has 0 amide bonds. The molecule has 0 spiro atoms. The zero-order chi connectivity index (χ0) is 14.4. The van der Waals surface area contributed by atoms with E-state index in [0.717, 1.165) is 24.6 Å². The number of nitrogens with one attached hydrogen (secondary N) is 1. The molecule has 1 unspecified atom stereocenters. The van der Waals surface area contributed by atoms with Crippen molar-refractivity contribution < 1.29 is 8.78 Å². The van der Waals surface area contributed by atoms with Crippen molar-refractivity contribution in [1.82, 2.24) is 15.5 Å². The van der Waals surface area contributed by atoms with Crippen LogP contribution in [0.3, 0.4) is 0 Å². The molecule has 1 heterocycles. The second-order valence-corrected chi connectivity index (χ2v) is 4.66. The molecule has 106 valence electrons. The van der Waals surface area contributed by atoms with Crippen molar-refractivity contribution in [2.75, 3.05) is 6.54 Å². The number of benzene rings is 1. The lowest BCUT2D eigenvalue weighted by molar-refractivity contribution is 0.520. The topological polar surface area (TPSA) is 37.8 Å². The zero-order valence-corrected chi connectivity index (χ0v) is 11.3. The maximum Gasteiger partial charge on any atom is 0.126 e. The molecule has 0 radical (unpaired) electrons. The summed E-state index contributed by atoms with van der Waals surface area (Å²) in [7, 11) is 0. The van der Waals surface area contributed by atoms with E-state index in [1.165, 1.54) is 12.1 Å². The van der Waals surface area contributed by atoms with Crippen LogP contribution < -0.4 is 5.32 Å². The molecule has 0 bridgehead atoms. The minimum atomic E-state index is -0.554. The van der Waals surface area contributed by atoms with E-state index < -0.39 is 11.6 Å². The van der Waals surface area contributed by atoms with Crippen molar-refractivity contribution in [3.05, 3.63) is 59.4 Å². The van der Waals surface area contributed by atoms with E-state index in [4.69, 9.17) is 0 Å². The van der Waals surface area contributed by atoms with Gasteiger partial charge in [0.05, 0.1) is 6.20 Å². The van der Waals surface area contributed by atoms with Crippen LogP contribution in [0.15, 0.2) is 36.7 Å². The van der Waals surface area contributed by atoms with Crippen LogP contribution in [-0.2, 0) is 6.42 Å². The summed E-state index contributed by atoms with van der Waals surface area (Å²) in [6, 6.07) is 5.42. The molecule has 5 heteroatoms. The lowest BCUT2D eigenvalue weighted by Gasteiger charge is -2.18. The highest BCUT2D eigenvalue weighted by molar-refractivity contribution is 5.22. The molecule has 0 aliphatic rings. The Morgan fingerprint density at radius 1 is 1.15 bits per heavy atom. The number of hydrogen-bond acceptors (Lipinski definition) is 3. The minimum Gasteiger partial charge on any atom is -0.310 e. The van der Waals surface area contributed by atoms with Crippen molar-refractivity contribution in [2.45, 2.75) is 25.8 Å². The zero-order valence-electron chi connectivity index (χ0n) is 11.3. The maximum atomic E-state index is 13.3. The molecule has 0 saturated heterocycles. The van der Waals surface area contributed by atoms with Crippen molar-refractivity contribution >= 4 is 0 Å². The summed E-state index contributed by atoms with van der Waals surface area (Å²) >= 11 is 0. The molecule has 1 aromatic carbocycles. The monoisotopic (exact) mass is 277 g/mol. The summed E-state index contributed by atoms with van der Waals surface area (Å²) in [6.45, 7) is 2.89. The standard InChI is InChI=1S/C15H17F2N3/c1-2-4-18-15(12-3-5-19-20-10-12)8-11-6-13(16)9-14(17)7-11/h3,5-7,9-10,15,18H,2,4,8H2,1H3. The number of hydrogen-bond donors (Lipinski definition) is 1. The Morgan fingerprint density at radius 3 is 2.50 bits per heavy atom. The van der Waals surface area contributed by atoms with Gasteiger partial charge in [-0.2, -0.15) is 10.2 Å². The van der Waals surface area contributed by atoms with Crippen LogP contribution in [-0.4, -0.2) is 16.7 Å². The van der Waals surface area contributed by atoms with Crippen LogP contribution in [0.2, 0.25) is 0 Å². The third-order valence-corrected chi connectivity index (χ3v) is 3.01. The lowest BCUT2D eigenvalue weighted by Crippen LogP contribution is -2.24. The van der Waals surface area contributed by atoms with E-state index in [0.29, 0.717) is 12.0 Å². The Kier molecular flexibility index (Phi) is 5.12. The van der Waals surface area contributed by atoms with Crippen molar-refractivity contribution in [2.24, 2.45) is 0 Å². The molecule has 2 aromatic rings. The number of aromatic nitrogens is 2. The van der Waals surface area contributed by atoms with Crippen molar-refractivity contribution in [3.8, 4) is 0 Å². The van der Waals surface area contributed by atoms with Crippen LogP contribution in [0.25, 0.3) is 0 Å². The van der Waals surface area contributed by atoms with E-state index in [1.54, 1.807) is 12.4 Å². The molecule has 0 aliphatic carbocycles.